The van der Waals surface area contributed by atoms with Gasteiger partial charge in [-0.15, -0.1) is 0 Å². The first kappa shape index (κ1) is 16.2. The Morgan fingerprint density at radius 3 is 2.36 bits per heavy atom. The van der Waals surface area contributed by atoms with E-state index in [-0.39, 0.29) is 0 Å². The van der Waals surface area contributed by atoms with Crippen molar-refractivity contribution in [1.29, 1.82) is 0 Å². The molecule has 0 aromatic heterocycles. The number of hydrogen-bond acceptors (Lipinski definition) is 3. The van der Waals surface area contributed by atoms with Gasteiger partial charge in [0.1, 0.15) is 6.29 Å². The summed E-state index contributed by atoms with van der Waals surface area (Å²) >= 11 is 0. The summed E-state index contributed by atoms with van der Waals surface area (Å²) in [6, 6.07) is 14.6. The number of rotatable bonds is 7. The van der Waals surface area contributed by atoms with Gasteiger partial charge in [-0.1, -0.05) is 43.3 Å². The molecule has 0 unspecified atom stereocenters. The normalized spacial score (nSPS) is 10.7. The zero-order valence-corrected chi connectivity index (χ0v) is 13.6. The summed E-state index contributed by atoms with van der Waals surface area (Å²) in [6.45, 7) is 8.39. The van der Waals surface area contributed by atoms with Gasteiger partial charge >= 0.3 is 0 Å². The van der Waals surface area contributed by atoms with Gasteiger partial charge < -0.3 is 10.1 Å². The maximum Gasteiger partial charge on any atom is 0.133 e. The molecule has 1 N–H and O–H groups in total. The Hall–Kier alpha value is -2.13. The quantitative estimate of drug-likeness (QED) is 0.782. The highest BCUT2D eigenvalue weighted by Gasteiger charge is 2.09. The number of hydrogen-bond donors (Lipinski definition) is 1. The van der Waals surface area contributed by atoms with Crippen molar-refractivity contribution in [3.63, 3.8) is 0 Å². The summed E-state index contributed by atoms with van der Waals surface area (Å²) in [6.07, 6.45) is 0.963. The lowest BCUT2D eigenvalue weighted by Crippen LogP contribution is -2.25. The predicted octanol–water partition coefficient (Wildman–Crippen LogP) is 4.07. The van der Waals surface area contributed by atoms with Crippen molar-refractivity contribution >= 4 is 17.7 Å². The van der Waals surface area contributed by atoms with Gasteiger partial charge in [0.25, 0.3) is 0 Å². The van der Waals surface area contributed by atoms with Crippen molar-refractivity contribution in [2.45, 2.75) is 27.3 Å². The summed E-state index contributed by atoms with van der Waals surface area (Å²) < 4.78 is 0. The summed E-state index contributed by atoms with van der Waals surface area (Å²) in [5, 5.41) is 3.57. The molecule has 0 radical (unpaired) electrons. The predicted molar refractivity (Wildman–Crippen MR) is 92.7 cm³/mol. The minimum absolute atomic E-state index is 0.466. The Bertz CT molecular complexity index is 617. The van der Waals surface area contributed by atoms with Gasteiger partial charge in [-0.3, -0.25) is 4.90 Å². The lowest BCUT2D eigenvalue weighted by molar-refractivity contribution is -0.108. The van der Waals surface area contributed by atoms with E-state index in [1.165, 1.54) is 16.7 Å². The van der Waals surface area contributed by atoms with E-state index < -0.39 is 0 Å². The van der Waals surface area contributed by atoms with Gasteiger partial charge in [0.05, 0.1) is 6.54 Å². The van der Waals surface area contributed by atoms with Crippen LogP contribution in [-0.2, 0) is 11.3 Å². The molecule has 116 valence electrons. The van der Waals surface area contributed by atoms with Gasteiger partial charge in [0.15, 0.2) is 0 Å². The highest BCUT2D eigenvalue weighted by Crippen LogP contribution is 2.27. The van der Waals surface area contributed by atoms with Gasteiger partial charge in [0, 0.05) is 17.9 Å². The van der Waals surface area contributed by atoms with Crippen molar-refractivity contribution < 1.29 is 4.79 Å². The molecule has 0 aliphatic carbocycles. The van der Waals surface area contributed by atoms with E-state index in [1.807, 2.05) is 12.1 Å². The van der Waals surface area contributed by atoms with E-state index in [4.69, 9.17) is 0 Å². The van der Waals surface area contributed by atoms with E-state index in [2.05, 4.69) is 61.3 Å². The van der Waals surface area contributed by atoms with Crippen molar-refractivity contribution in [2.24, 2.45) is 0 Å². The summed E-state index contributed by atoms with van der Waals surface area (Å²) in [5.74, 6) is 0. The number of aldehydes is 1. The first-order valence-corrected chi connectivity index (χ1v) is 7.72. The molecular weight excluding hydrogens is 272 g/mol. The molecule has 0 aliphatic rings. The minimum Gasteiger partial charge on any atom is -0.355 e. The van der Waals surface area contributed by atoms with E-state index in [0.717, 1.165) is 30.8 Å². The number of carbonyl (C=O) groups excluding carboxylic acids is 1. The monoisotopic (exact) mass is 296 g/mol. The van der Waals surface area contributed by atoms with Crippen LogP contribution in [-0.4, -0.2) is 24.3 Å². The molecule has 0 spiro atoms. The van der Waals surface area contributed by atoms with E-state index in [0.29, 0.717) is 6.54 Å². The first-order valence-electron chi connectivity index (χ1n) is 7.72. The third-order valence-electron chi connectivity index (χ3n) is 3.93. The molecule has 0 saturated heterocycles. The second-order valence-electron chi connectivity index (χ2n) is 5.54. The summed E-state index contributed by atoms with van der Waals surface area (Å²) in [5.41, 5.74) is 5.93. The molecule has 0 heterocycles. The van der Waals surface area contributed by atoms with Gasteiger partial charge in [0.2, 0.25) is 0 Å². The van der Waals surface area contributed by atoms with E-state index in [1.54, 1.807) is 0 Å². The molecule has 2 rings (SSSR count). The molecule has 0 fully saturated rings. The molecule has 0 bridgehead atoms. The maximum absolute atomic E-state index is 10.8. The van der Waals surface area contributed by atoms with Gasteiger partial charge in [-0.05, 0) is 43.1 Å². The Morgan fingerprint density at radius 2 is 1.73 bits per heavy atom. The second kappa shape index (κ2) is 7.76. The van der Waals surface area contributed by atoms with E-state index in [9.17, 15) is 4.79 Å². The fourth-order valence-electron chi connectivity index (χ4n) is 2.58. The Balaban J connectivity index is 2.26. The van der Waals surface area contributed by atoms with Crippen LogP contribution in [0.2, 0.25) is 0 Å². The van der Waals surface area contributed by atoms with Gasteiger partial charge in [-0.2, -0.15) is 0 Å². The lowest BCUT2D eigenvalue weighted by atomic mass is 10.1. The molecule has 2 aromatic carbocycles. The zero-order chi connectivity index (χ0) is 15.9. The summed E-state index contributed by atoms with van der Waals surface area (Å²) in [4.78, 5) is 12.9. The number of aryl methyl sites for hydroxylation is 2. The molecular formula is C19H24N2O. The minimum atomic E-state index is 0.466. The SMILES string of the molecule is CCN(CC=O)Cc1ccccc1Nc1c(C)cccc1C. The molecule has 22 heavy (non-hydrogen) atoms. The average molecular weight is 296 g/mol. The highest BCUT2D eigenvalue weighted by molar-refractivity contribution is 5.68. The molecule has 0 aliphatic heterocycles. The van der Waals surface area contributed by atoms with Crippen LogP contribution in [0.1, 0.15) is 23.6 Å². The number of carbonyl (C=O) groups is 1. The van der Waals surface area contributed by atoms with Crippen LogP contribution in [0, 0.1) is 13.8 Å². The fraction of sp³-hybridized carbons (Fsp3) is 0.316. The smallest absolute Gasteiger partial charge is 0.133 e. The number of nitrogens with one attached hydrogen (secondary N) is 1. The van der Waals surface area contributed by atoms with Crippen LogP contribution in [0.3, 0.4) is 0 Å². The second-order valence-corrected chi connectivity index (χ2v) is 5.54. The zero-order valence-electron chi connectivity index (χ0n) is 13.6. The molecule has 0 atom stereocenters. The van der Waals surface area contributed by atoms with E-state index >= 15 is 0 Å². The average Bonchev–Trinajstić information content (AvgIpc) is 2.52. The van der Waals surface area contributed by atoms with Crippen LogP contribution in [0.4, 0.5) is 11.4 Å². The highest BCUT2D eigenvalue weighted by atomic mass is 16.1. The van der Waals surface area contributed by atoms with Crippen LogP contribution < -0.4 is 5.32 Å². The van der Waals surface area contributed by atoms with Crippen molar-refractivity contribution in [3.05, 3.63) is 59.2 Å². The van der Waals surface area contributed by atoms with Crippen LogP contribution in [0.25, 0.3) is 0 Å². The van der Waals surface area contributed by atoms with Crippen LogP contribution in [0.5, 0.6) is 0 Å². The topological polar surface area (TPSA) is 32.3 Å². The third kappa shape index (κ3) is 3.95. The van der Waals surface area contributed by atoms with Crippen LogP contribution >= 0.6 is 0 Å². The van der Waals surface area contributed by atoms with Crippen LogP contribution in [0.15, 0.2) is 42.5 Å². The van der Waals surface area contributed by atoms with Gasteiger partial charge in [-0.25, -0.2) is 0 Å². The Kier molecular flexibility index (Phi) is 5.73. The third-order valence-corrected chi connectivity index (χ3v) is 3.93. The Labute approximate surface area is 133 Å². The van der Waals surface area contributed by atoms with Crippen molar-refractivity contribution in [2.75, 3.05) is 18.4 Å². The molecule has 3 nitrogen and oxygen atoms in total. The molecule has 2 aromatic rings. The van der Waals surface area contributed by atoms with Crippen molar-refractivity contribution in [1.82, 2.24) is 4.90 Å². The number of benzene rings is 2. The summed E-state index contributed by atoms with van der Waals surface area (Å²) in [7, 11) is 0. The number of nitrogens with zero attached hydrogens (tertiary/aromatic N) is 1. The largest absolute Gasteiger partial charge is 0.355 e. The van der Waals surface area contributed by atoms with Crippen molar-refractivity contribution in [3.8, 4) is 0 Å². The molecule has 0 amide bonds. The Morgan fingerprint density at radius 1 is 1.05 bits per heavy atom. The first-order chi connectivity index (χ1) is 10.7. The lowest BCUT2D eigenvalue weighted by Gasteiger charge is -2.21. The number of anilines is 2. The maximum atomic E-state index is 10.8. The number of likely N-dealkylation sites (N-methyl/N-ethyl adjacent to an activating group) is 1. The number of para-hydroxylation sites is 2. The fourth-order valence-corrected chi connectivity index (χ4v) is 2.58. The molecule has 3 heteroatoms. The standard InChI is InChI=1S/C19H24N2O/c1-4-21(12-13-22)14-17-10-5-6-11-18(17)20-19-15(2)8-7-9-16(19)3/h5-11,13,20H,4,12,14H2,1-3H3. The molecule has 0 saturated carbocycles.